The van der Waals surface area contributed by atoms with Gasteiger partial charge in [-0.3, -0.25) is 19.2 Å². The molecule has 6 atom stereocenters. The van der Waals surface area contributed by atoms with E-state index in [1.165, 1.54) is 25.5 Å². The number of rotatable bonds is 17. The molecule has 13 heteroatoms. The number of hydrogen-bond donors (Lipinski definition) is 4. The minimum Gasteiger partial charge on any atom is -0.480 e. The van der Waals surface area contributed by atoms with Gasteiger partial charge in [0.1, 0.15) is 6.04 Å². The minimum absolute atomic E-state index is 0.0818. The van der Waals surface area contributed by atoms with Gasteiger partial charge in [0.05, 0.1) is 48.7 Å². The number of carboxylic acid groups (broad SMARTS) is 1. The number of carbonyl (C=O) groups is 5. The maximum Gasteiger partial charge on any atom is 0.326 e. The summed E-state index contributed by atoms with van der Waals surface area (Å²) in [6.45, 7) is 9.15. The molecule has 1 aliphatic heterocycles. The highest BCUT2D eigenvalue weighted by Crippen LogP contribution is 2.31. The Morgan fingerprint density at radius 2 is 1.58 bits per heavy atom. The Labute approximate surface area is 308 Å². The molecule has 52 heavy (non-hydrogen) atoms. The average molecular weight is 726 g/mol. The number of carbonyl (C=O) groups excluding carboxylic acids is 4. The van der Waals surface area contributed by atoms with Crippen molar-refractivity contribution in [1.82, 2.24) is 20.4 Å². The van der Waals surface area contributed by atoms with E-state index in [1.807, 2.05) is 36.4 Å². The fraction of sp³-hybridized carbons (Fsp3) is 0.564. The highest BCUT2D eigenvalue weighted by Gasteiger charge is 2.42. The van der Waals surface area contributed by atoms with Crippen molar-refractivity contribution in [1.29, 1.82) is 0 Å². The van der Waals surface area contributed by atoms with E-state index in [9.17, 15) is 29.1 Å². The Hall–Kier alpha value is -4.33. The molecule has 3 rings (SSSR count). The number of nitrogens with zero attached hydrogens (tertiary/aromatic N) is 2. The number of nitrogens with one attached hydrogen (secondary N) is 2. The van der Waals surface area contributed by atoms with Crippen LogP contribution in [-0.4, -0.2) is 109 Å². The van der Waals surface area contributed by atoms with Crippen molar-refractivity contribution in [2.24, 2.45) is 11.7 Å². The summed E-state index contributed by atoms with van der Waals surface area (Å²) in [6, 6.07) is 16.0. The number of amides is 4. The maximum atomic E-state index is 14.0. The second-order valence-corrected chi connectivity index (χ2v) is 13.8. The van der Waals surface area contributed by atoms with E-state index in [2.05, 4.69) is 24.5 Å². The van der Waals surface area contributed by atoms with E-state index in [0.29, 0.717) is 19.4 Å². The quantitative estimate of drug-likeness (QED) is 0.190. The Morgan fingerprint density at radius 3 is 2.10 bits per heavy atom. The number of hydrogen-bond acceptors (Lipinski definition) is 8. The molecule has 0 aliphatic carbocycles. The van der Waals surface area contributed by atoms with Crippen molar-refractivity contribution in [2.75, 3.05) is 34.4 Å². The van der Waals surface area contributed by atoms with Crippen LogP contribution in [0.15, 0.2) is 60.7 Å². The third-order valence-electron chi connectivity index (χ3n) is 9.04. The fourth-order valence-electron chi connectivity index (χ4n) is 6.25. The summed E-state index contributed by atoms with van der Waals surface area (Å²) in [7, 11) is 4.55. The van der Waals surface area contributed by atoms with Crippen LogP contribution in [0.25, 0.3) is 0 Å². The first-order valence-electron chi connectivity index (χ1n) is 17.9. The Kier molecular flexibility index (Phi) is 17.9. The number of methoxy groups -OCH3 is 2. The van der Waals surface area contributed by atoms with Gasteiger partial charge in [-0.1, -0.05) is 87.9 Å². The first-order valence-corrected chi connectivity index (χ1v) is 17.9. The zero-order chi connectivity index (χ0) is 39.0. The Bertz CT molecular complexity index is 1440. The lowest BCUT2D eigenvalue weighted by Crippen LogP contribution is -2.53. The normalized spacial score (nSPS) is 17.0. The summed E-state index contributed by atoms with van der Waals surface area (Å²) in [5.74, 6) is -3.52. The van der Waals surface area contributed by atoms with Crippen LogP contribution in [0.2, 0.25) is 0 Å². The summed E-state index contributed by atoms with van der Waals surface area (Å²) in [4.78, 5) is 68.2. The van der Waals surface area contributed by atoms with Gasteiger partial charge in [0, 0.05) is 34.2 Å². The lowest BCUT2D eigenvalue weighted by molar-refractivity contribution is -0.146. The Morgan fingerprint density at radius 1 is 1.00 bits per heavy atom. The molecule has 13 nitrogen and oxygen atoms in total. The maximum absolute atomic E-state index is 14.0. The van der Waals surface area contributed by atoms with Gasteiger partial charge in [-0.15, -0.1) is 0 Å². The van der Waals surface area contributed by atoms with Crippen LogP contribution in [0, 0.1) is 5.92 Å². The molecule has 1 fully saturated rings. The van der Waals surface area contributed by atoms with E-state index in [0.717, 1.165) is 11.1 Å². The van der Waals surface area contributed by atoms with Gasteiger partial charge < -0.3 is 40.7 Å². The first kappa shape index (κ1) is 43.8. The molecule has 2 aromatic carbocycles. The molecule has 4 amide bonds. The lowest BCUT2D eigenvalue weighted by Gasteiger charge is -2.37. The molecule has 0 saturated carbocycles. The molecule has 5 N–H and O–H groups in total. The van der Waals surface area contributed by atoms with Gasteiger partial charge in [-0.05, 0) is 37.8 Å². The van der Waals surface area contributed by atoms with Crippen LogP contribution in [0.5, 0.6) is 0 Å². The highest BCUT2D eigenvalue weighted by molar-refractivity contribution is 5.89. The van der Waals surface area contributed by atoms with Gasteiger partial charge in [0.15, 0.2) is 0 Å². The van der Waals surface area contributed by atoms with Crippen LogP contribution < -0.4 is 16.4 Å². The molecule has 1 aliphatic rings. The molecule has 1 saturated heterocycles. The molecular formula is C39H59N5O8. The van der Waals surface area contributed by atoms with E-state index in [-0.39, 0.29) is 25.3 Å². The van der Waals surface area contributed by atoms with Gasteiger partial charge in [0.25, 0.3) is 0 Å². The van der Waals surface area contributed by atoms with Crippen molar-refractivity contribution in [2.45, 2.75) is 103 Å². The van der Waals surface area contributed by atoms with Crippen LogP contribution in [0.4, 0.5) is 0 Å². The predicted octanol–water partition coefficient (Wildman–Crippen LogP) is 3.32. The van der Waals surface area contributed by atoms with Gasteiger partial charge in [-0.2, -0.15) is 0 Å². The van der Waals surface area contributed by atoms with Crippen LogP contribution in [0.3, 0.4) is 0 Å². The summed E-state index contributed by atoms with van der Waals surface area (Å²) in [5, 5.41) is 15.1. The van der Waals surface area contributed by atoms with Gasteiger partial charge in [-0.25, -0.2) is 4.79 Å². The predicted molar refractivity (Wildman–Crippen MR) is 199 cm³/mol. The number of aliphatic carboxylic acids is 1. The molecule has 2 aromatic rings. The van der Waals surface area contributed by atoms with E-state index >= 15 is 0 Å². The molecular weight excluding hydrogens is 666 g/mol. The fourth-order valence-corrected chi connectivity index (χ4v) is 6.25. The van der Waals surface area contributed by atoms with E-state index in [1.54, 1.807) is 57.0 Å². The number of likely N-dealkylation sites (tertiary alicyclic amines) is 1. The van der Waals surface area contributed by atoms with Crippen molar-refractivity contribution < 1.29 is 38.6 Å². The summed E-state index contributed by atoms with van der Waals surface area (Å²) < 4.78 is 11.7. The zero-order valence-electron chi connectivity index (χ0n) is 32.0. The molecule has 0 aromatic heterocycles. The largest absolute Gasteiger partial charge is 0.480 e. The van der Waals surface area contributed by atoms with Gasteiger partial charge >= 0.3 is 5.97 Å². The van der Waals surface area contributed by atoms with Crippen LogP contribution in [0.1, 0.15) is 77.5 Å². The van der Waals surface area contributed by atoms with Crippen LogP contribution in [-0.2, 0) is 39.9 Å². The average Bonchev–Trinajstić information content (AvgIpc) is 3.60. The number of ether oxygens (including phenoxy) is 2. The van der Waals surface area contributed by atoms with Crippen LogP contribution >= 0.6 is 0 Å². The van der Waals surface area contributed by atoms with Crippen molar-refractivity contribution in [3.05, 3.63) is 71.8 Å². The molecule has 0 bridgehead atoms. The number of likely N-dealkylation sites (N-methyl/N-ethyl adjacent to an activating group) is 1. The molecule has 0 radical (unpaired) electrons. The molecule has 288 valence electrons. The number of nitrogens with two attached hydrogens (primary N) is 1. The molecule has 6 unspecified atom stereocenters. The topological polar surface area (TPSA) is 181 Å². The minimum atomic E-state index is -1.16. The molecule has 0 spiro atoms. The monoisotopic (exact) mass is 725 g/mol. The highest BCUT2D eigenvalue weighted by atomic mass is 16.5. The van der Waals surface area contributed by atoms with Gasteiger partial charge in [0.2, 0.25) is 23.6 Å². The van der Waals surface area contributed by atoms with Crippen molar-refractivity contribution >= 4 is 29.6 Å². The first-order chi connectivity index (χ1) is 24.6. The zero-order valence-corrected chi connectivity index (χ0v) is 32.0. The lowest BCUT2D eigenvalue weighted by atomic mass is 9.93. The summed E-state index contributed by atoms with van der Waals surface area (Å²) >= 11 is 0. The van der Waals surface area contributed by atoms with E-state index < -0.39 is 65.5 Å². The third kappa shape index (κ3) is 12.7. The number of benzene rings is 2. The van der Waals surface area contributed by atoms with Crippen molar-refractivity contribution in [3.63, 3.8) is 0 Å². The summed E-state index contributed by atoms with van der Waals surface area (Å²) in [5.41, 5.74) is 6.21. The summed E-state index contributed by atoms with van der Waals surface area (Å²) in [6.07, 6.45) is 1.10. The second kappa shape index (κ2) is 21.3. The Balaban J connectivity index is 0.00000301. The smallest absolute Gasteiger partial charge is 0.326 e. The van der Waals surface area contributed by atoms with Crippen molar-refractivity contribution in [3.8, 4) is 0 Å². The molecule has 1 heterocycles. The SMILES string of the molecule is CCC.COC(CC(=O)N1CCCC1C(OC)C(C)C(=O)NC(Cc1ccccc1)C(=O)O)C(c1ccccc1)N(C)C(=O)CNC(=O)C(C)(C)N. The standard InChI is InChI=1S/C36H51N5O8.C3H8/c1-23(33(44)39-26(34(45)46)20-24-14-9-7-10-15-24)32(49-6)27-18-13-19-41(27)29(42)21-28(48-5)31(25-16-11-8-12-17-25)40(4)30(43)22-38-35(47)36(2,3)37;1-3-2/h7-12,14-17,23,26-28,31-32H,13,18-22,37H2,1-6H3,(H,38,47)(H,39,44)(H,45,46);3H2,1-2H3. The second-order valence-electron chi connectivity index (χ2n) is 13.8. The number of carboxylic acids is 1. The van der Waals surface area contributed by atoms with E-state index in [4.69, 9.17) is 15.2 Å². The third-order valence-corrected chi connectivity index (χ3v) is 9.04.